The molecule has 0 aliphatic carbocycles. The smallest absolute Gasteiger partial charge is 0.293 e. The zero-order valence-corrected chi connectivity index (χ0v) is 12.5. The summed E-state index contributed by atoms with van der Waals surface area (Å²) in [5.74, 6) is -0.409. The molecule has 2 unspecified atom stereocenters. The second-order valence-electron chi connectivity index (χ2n) is 5.46. The van der Waals surface area contributed by atoms with E-state index in [9.17, 15) is 9.59 Å². The largest absolute Gasteiger partial charge is 0.352 e. The summed E-state index contributed by atoms with van der Waals surface area (Å²) in [6.07, 6.45) is 1.96. The van der Waals surface area contributed by atoms with Crippen molar-refractivity contribution < 1.29 is 14.1 Å². The highest BCUT2D eigenvalue weighted by atomic mass is 16.5. The van der Waals surface area contributed by atoms with E-state index >= 15 is 0 Å². The highest BCUT2D eigenvalue weighted by Crippen LogP contribution is 2.20. The summed E-state index contributed by atoms with van der Waals surface area (Å²) in [4.78, 5) is 27.8. The molecule has 2 atom stereocenters. The number of hydrogen-bond acceptors (Lipinski definition) is 6. The minimum Gasteiger partial charge on any atom is -0.352 e. The van der Waals surface area contributed by atoms with Gasteiger partial charge in [-0.15, -0.1) is 0 Å². The van der Waals surface area contributed by atoms with Gasteiger partial charge in [-0.2, -0.15) is 4.98 Å². The molecule has 1 aliphatic rings. The molecule has 0 radical (unpaired) electrons. The Bertz CT molecular complexity index is 508. The van der Waals surface area contributed by atoms with E-state index in [1.54, 1.807) is 6.92 Å². The van der Waals surface area contributed by atoms with Crippen LogP contribution in [0.25, 0.3) is 0 Å². The van der Waals surface area contributed by atoms with Crippen molar-refractivity contribution in [3.05, 3.63) is 11.7 Å². The number of nitrogens with zero attached hydrogens (tertiary/aromatic N) is 2. The van der Waals surface area contributed by atoms with Crippen LogP contribution in [0.4, 0.5) is 0 Å². The van der Waals surface area contributed by atoms with Crippen LogP contribution in [0.2, 0.25) is 0 Å². The van der Waals surface area contributed by atoms with Gasteiger partial charge in [-0.05, 0) is 40.2 Å². The van der Waals surface area contributed by atoms with E-state index in [1.165, 1.54) is 0 Å². The van der Waals surface area contributed by atoms with Gasteiger partial charge in [-0.1, -0.05) is 5.16 Å². The van der Waals surface area contributed by atoms with E-state index in [-0.39, 0.29) is 23.8 Å². The first kappa shape index (κ1) is 15.4. The third kappa shape index (κ3) is 4.01. The number of rotatable bonds is 5. The Labute approximate surface area is 123 Å². The van der Waals surface area contributed by atoms with Gasteiger partial charge in [0.1, 0.15) is 6.04 Å². The molecule has 21 heavy (non-hydrogen) atoms. The lowest BCUT2D eigenvalue weighted by molar-refractivity contribution is -0.123. The Hall–Kier alpha value is -1.96. The van der Waals surface area contributed by atoms with Gasteiger partial charge in [0.2, 0.25) is 11.8 Å². The Morgan fingerprint density at radius 2 is 2.10 bits per heavy atom. The van der Waals surface area contributed by atoms with E-state index < -0.39 is 11.9 Å². The molecule has 8 nitrogen and oxygen atoms in total. The molecule has 8 heteroatoms. The lowest BCUT2D eigenvalue weighted by Gasteiger charge is -2.14. The molecular formula is C13H21N5O3. The number of amides is 2. The van der Waals surface area contributed by atoms with Gasteiger partial charge in [-0.25, -0.2) is 0 Å². The molecule has 0 spiro atoms. The summed E-state index contributed by atoms with van der Waals surface area (Å²) < 4.78 is 5.09. The number of carbonyl (C=O) groups excluding carboxylic acids is 2. The summed E-state index contributed by atoms with van der Waals surface area (Å²) in [5.41, 5.74) is 0. The van der Waals surface area contributed by atoms with Crippen molar-refractivity contribution in [1.82, 2.24) is 26.1 Å². The highest BCUT2D eigenvalue weighted by molar-refractivity contribution is 5.94. The van der Waals surface area contributed by atoms with Crippen LogP contribution in [-0.4, -0.2) is 40.6 Å². The first-order valence-electron chi connectivity index (χ1n) is 7.15. The Balaban J connectivity index is 1.92. The lowest BCUT2D eigenvalue weighted by Crippen LogP contribution is -2.47. The van der Waals surface area contributed by atoms with E-state index in [4.69, 9.17) is 4.52 Å². The second-order valence-corrected chi connectivity index (χ2v) is 5.46. The van der Waals surface area contributed by atoms with Crippen LogP contribution in [0.5, 0.6) is 0 Å². The molecule has 1 fully saturated rings. The SMILES string of the molecule is CC(C)NC(=O)C(C)NC(=O)c1noc(C2CCCN2)n1. The normalized spacial score (nSPS) is 19.5. The average Bonchev–Trinajstić information content (AvgIpc) is 3.08. The fourth-order valence-electron chi connectivity index (χ4n) is 2.10. The maximum absolute atomic E-state index is 12.0. The van der Waals surface area contributed by atoms with Crippen molar-refractivity contribution in [3.8, 4) is 0 Å². The standard InChI is InChI=1S/C13H21N5O3/c1-7(2)15-11(19)8(3)16-12(20)10-17-13(21-18-10)9-5-4-6-14-9/h7-9,14H,4-6H2,1-3H3,(H,15,19)(H,16,20). The topological polar surface area (TPSA) is 109 Å². The van der Waals surface area contributed by atoms with Gasteiger partial charge < -0.3 is 20.5 Å². The fraction of sp³-hybridized carbons (Fsp3) is 0.692. The molecule has 1 aromatic heterocycles. The Morgan fingerprint density at radius 1 is 1.33 bits per heavy atom. The van der Waals surface area contributed by atoms with Crippen LogP contribution in [0.1, 0.15) is 56.2 Å². The lowest BCUT2D eigenvalue weighted by atomic mass is 10.2. The van der Waals surface area contributed by atoms with Gasteiger partial charge in [0.05, 0.1) is 6.04 Å². The van der Waals surface area contributed by atoms with E-state index in [0.717, 1.165) is 19.4 Å². The summed E-state index contributed by atoms with van der Waals surface area (Å²) >= 11 is 0. The third-order valence-electron chi connectivity index (χ3n) is 3.18. The molecule has 0 aromatic carbocycles. The monoisotopic (exact) mass is 295 g/mol. The molecule has 0 bridgehead atoms. The molecule has 3 N–H and O–H groups in total. The molecule has 2 amide bonds. The molecule has 1 aromatic rings. The Morgan fingerprint density at radius 3 is 2.71 bits per heavy atom. The quantitative estimate of drug-likeness (QED) is 0.713. The maximum Gasteiger partial charge on any atom is 0.293 e. The summed E-state index contributed by atoms with van der Waals surface area (Å²) in [6, 6.07) is -0.630. The molecule has 0 saturated carbocycles. The molecule has 2 heterocycles. The van der Waals surface area contributed by atoms with Crippen molar-refractivity contribution in [1.29, 1.82) is 0 Å². The first-order chi connectivity index (χ1) is 9.97. The fourth-order valence-corrected chi connectivity index (χ4v) is 2.10. The predicted molar refractivity (Wildman–Crippen MR) is 74.5 cm³/mol. The number of hydrogen-bond donors (Lipinski definition) is 3. The highest BCUT2D eigenvalue weighted by Gasteiger charge is 2.25. The van der Waals surface area contributed by atoms with Gasteiger partial charge in [0.25, 0.3) is 11.7 Å². The third-order valence-corrected chi connectivity index (χ3v) is 3.18. The van der Waals surface area contributed by atoms with Crippen molar-refractivity contribution >= 4 is 11.8 Å². The summed E-state index contributed by atoms with van der Waals surface area (Å²) in [5, 5.41) is 12.1. The average molecular weight is 295 g/mol. The summed E-state index contributed by atoms with van der Waals surface area (Å²) in [7, 11) is 0. The zero-order valence-electron chi connectivity index (χ0n) is 12.5. The molecule has 2 rings (SSSR count). The van der Waals surface area contributed by atoms with Crippen LogP contribution in [0.15, 0.2) is 4.52 Å². The van der Waals surface area contributed by atoms with Gasteiger partial charge in [0.15, 0.2) is 0 Å². The van der Waals surface area contributed by atoms with Gasteiger partial charge in [-0.3, -0.25) is 9.59 Å². The van der Waals surface area contributed by atoms with Crippen molar-refractivity contribution in [2.45, 2.75) is 51.7 Å². The molecule has 1 saturated heterocycles. The van der Waals surface area contributed by atoms with E-state index in [2.05, 4.69) is 26.1 Å². The van der Waals surface area contributed by atoms with Crippen LogP contribution in [-0.2, 0) is 4.79 Å². The van der Waals surface area contributed by atoms with E-state index in [0.29, 0.717) is 5.89 Å². The van der Waals surface area contributed by atoms with Crippen molar-refractivity contribution in [2.75, 3.05) is 6.54 Å². The van der Waals surface area contributed by atoms with Crippen LogP contribution in [0.3, 0.4) is 0 Å². The van der Waals surface area contributed by atoms with Crippen molar-refractivity contribution in [2.24, 2.45) is 0 Å². The molecule has 116 valence electrons. The Kier molecular flexibility index (Phi) is 4.89. The maximum atomic E-state index is 12.0. The van der Waals surface area contributed by atoms with Crippen molar-refractivity contribution in [3.63, 3.8) is 0 Å². The minimum absolute atomic E-state index is 0.0145. The van der Waals surface area contributed by atoms with E-state index in [1.807, 2.05) is 13.8 Å². The van der Waals surface area contributed by atoms with Crippen LogP contribution >= 0.6 is 0 Å². The molecular weight excluding hydrogens is 274 g/mol. The van der Waals surface area contributed by atoms with Crippen LogP contribution < -0.4 is 16.0 Å². The predicted octanol–water partition coefficient (Wildman–Crippen LogP) is 0.137. The van der Waals surface area contributed by atoms with Gasteiger partial charge >= 0.3 is 0 Å². The minimum atomic E-state index is -0.661. The van der Waals surface area contributed by atoms with Gasteiger partial charge in [0, 0.05) is 6.04 Å². The van der Waals surface area contributed by atoms with Crippen LogP contribution in [0, 0.1) is 0 Å². The zero-order chi connectivity index (χ0) is 15.4. The second kappa shape index (κ2) is 6.66. The number of aromatic nitrogens is 2. The first-order valence-corrected chi connectivity index (χ1v) is 7.15. The number of carbonyl (C=O) groups is 2. The summed E-state index contributed by atoms with van der Waals surface area (Å²) in [6.45, 7) is 6.22. The molecule has 1 aliphatic heterocycles. The number of nitrogens with one attached hydrogen (secondary N) is 3.